The Bertz CT molecular complexity index is 436. The van der Waals surface area contributed by atoms with Crippen LogP contribution in [0.4, 0.5) is 4.39 Å². The monoisotopic (exact) mass is 263 g/mol. The number of piperidine rings is 1. The first-order valence-corrected chi connectivity index (χ1v) is 7.08. The molecule has 0 radical (unpaired) electrons. The molecule has 3 heteroatoms. The third-order valence-corrected chi connectivity index (χ3v) is 4.08. The van der Waals surface area contributed by atoms with E-state index in [0.717, 1.165) is 37.4 Å². The Balaban J connectivity index is 1.88. The fraction of sp³-hybridized carbons (Fsp3) is 0.562. The van der Waals surface area contributed by atoms with E-state index in [4.69, 9.17) is 0 Å². The van der Waals surface area contributed by atoms with Crippen LogP contribution in [0, 0.1) is 17.7 Å². The van der Waals surface area contributed by atoms with Crippen molar-refractivity contribution >= 4 is 5.91 Å². The van der Waals surface area contributed by atoms with Gasteiger partial charge in [-0.1, -0.05) is 26.0 Å². The van der Waals surface area contributed by atoms with Crippen LogP contribution in [0.25, 0.3) is 0 Å². The highest BCUT2D eigenvalue weighted by atomic mass is 19.1. The number of carbonyl (C=O) groups is 1. The molecule has 1 aromatic rings. The van der Waals surface area contributed by atoms with Crippen LogP contribution in [-0.2, 0) is 11.2 Å². The molecule has 1 aliphatic rings. The molecule has 0 bridgehead atoms. The summed E-state index contributed by atoms with van der Waals surface area (Å²) < 4.78 is 13.1. The van der Waals surface area contributed by atoms with Crippen molar-refractivity contribution in [1.82, 2.24) is 4.90 Å². The second-order valence-corrected chi connectivity index (χ2v) is 5.77. The van der Waals surface area contributed by atoms with Gasteiger partial charge >= 0.3 is 0 Å². The first-order valence-electron chi connectivity index (χ1n) is 7.08. The minimum absolute atomic E-state index is 0.118. The second kappa shape index (κ2) is 6.18. The molecule has 0 unspecified atom stereocenters. The van der Waals surface area contributed by atoms with Crippen LogP contribution in [0.2, 0.25) is 0 Å². The molecular formula is C16H22FNO. The van der Waals surface area contributed by atoms with E-state index in [0.29, 0.717) is 12.3 Å². The van der Waals surface area contributed by atoms with E-state index in [-0.39, 0.29) is 11.7 Å². The molecule has 0 atom stereocenters. The maximum absolute atomic E-state index is 13.1. The predicted octanol–water partition coefficient (Wildman–Crippen LogP) is 3.26. The van der Waals surface area contributed by atoms with Crippen molar-refractivity contribution in [2.75, 3.05) is 13.1 Å². The van der Waals surface area contributed by atoms with Gasteiger partial charge in [0.1, 0.15) is 5.82 Å². The number of nitrogens with zero attached hydrogens (tertiary/aromatic N) is 1. The normalized spacial score (nSPS) is 16.9. The van der Waals surface area contributed by atoms with Gasteiger partial charge in [-0.25, -0.2) is 4.39 Å². The summed E-state index contributed by atoms with van der Waals surface area (Å²) in [7, 11) is 0. The average Bonchev–Trinajstić information content (AvgIpc) is 2.39. The fourth-order valence-corrected chi connectivity index (χ4v) is 2.75. The van der Waals surface area contributed by atoms with Gasteiger partial charge in [0.2, 0.25) is 5.91 Å². The van der Waals surface area contributed by atoms with E-state index in [2.05, 4.69) is 13.8 Å². The topological polar surface area (TPSA) is 20.3 Å². The maximum Gasteiger partial charge on any atom is 0.226 e. The Hall–Kier alpha value is -1.38. The lowest BCUT2D eigenvalue weighted by molar-refractivity contribution is -0.132. The van der Waals surface area contributed by atoms with Crippen LogP contribution >= 0.6 is 0 Å². The number of hydrogen-bond acceptors (Lipinski definition) is 1. The quantitative estimate of drug-likeness (QED) is 0.819. The number of carbonyl (C=O) groups excluding carboxylic acids is 1. The summed E-state index contributed by atoms with van der Waals surface area (Å²) in [6, 6.07) is 6.31. The van der Waals surface area contributed by atoms with Crippen LogP contribution in [-0.4, -0.2) is 23.9 Å². The average molecular weight is 263 g/mol. The van der Waals surface area contributed by atoms with Gasteiger partial charge in [0.15, 0.2) is 0 Å². The van der Waals surface area contributed by atoms with Gasteiger partial charge in [0.25, 0.3) is 0 Å². The number of hydrogen-bond donors (Lipinski definition) is 0. The third kappa shape index (κ3) is 3.79. The van der Waals surface area contributed by atoms with Crippen molar-refractivity contribution in [3.8, 4) is 0 Å². The van der Waals surface area contributed by atoms with Gasteiger partial charge in [0.05, 0.1) is 6.42 Å². The van der Waals surface area contributed by atoms with Crippen molar-refractivity contribution in [3.63, 3.8) is 0 Å². The number of rotatable bonds is 3. The van der Waals surface area contributed by atoms with E-state index < -0.39 is 0 Å². The number of amides is 1. The third-order valence-electron chi connectivity index (χ3n) is 4.08. The molecule has 0 aromatic heterocycles. The van der Waals surface area contributed by atoms with Gasteiger partial charge in [-0.2, -0.15) is 0 Å². The van der Waals surface area contributed by atoms with Gasteiger partial charge in [-0.3, -0.25) is 4.79 Å². The van der Waals surface area contributed by atoms with Crippen LogP contribution in [0.3, 0.4) is 0 Å². The summed E-state index contributed by atoms with van der Waals surface area (Å²) in [5.41, 5.74) is 0.760. The Kier molecular flexibility index (Phi) is 4.56. The molecule has 1 fully saturated rings. The van der Waals surface area contributed by atoms with Gasteiger partial charge < -0.3 is 4.90 Å². The molecule has 1 heterocycles. The van der Waals surface area contributed by atoms with E-state index in [1.165, 1.54) is 12.1 Å². The van der Waals surface area contributed by atoms with Crippen molar-refractivity contribution in [2.24, 2.45) is 11.8 Å². The SMILES string of the molecule is CC(C)C1CCN(C(=O)Cc2cccc(F)c2)CC1. The van der Waals surface area contributed by atoms with E-state index in [9.17, 15) is 9.18 Å². The lowest BCUT2D eigenvalue weighted by Crippen LogP contribution is -2.40. The molecule has 0 aliphatic carbocycles. The van der Waals surface area contributed by atoms with Crippen LogP contribution in [0.1, 0.15) is 32.3 Å². The summed E-state index contributed by atoms with van der Waals surface area (Å²) in [4.78, 5) is 14.1. The van der Waals surface area contributed by atoms with E-state index in [1.54, 1.807) is 6.07 Å². The smallest absolute Gasteiger partial charge is 0.226 e. The molecule has 104 valence electrons. The van der Waals surface area contributed by atoms with Crippen LogP contribution < -0.4 is 0 Å². The minimum atomic E-state index is -0.274. The zero-order chi connectivity index (χ0) is 13.8. The number of benzene rings is 1. The lowest BCUT2D eigenvalue weighted by atomic mass is 9.86. The Morgan fingerprint density at radius 2 is 2.05 bits per heavy atom. The zero-order valence-corrected chi connectivity index (χ0v) is 11.7. The van der Waals surface area contributed by atoms with Crippen LogP contribution in [0.15, 0.2) is 24.3 Å². The molecule has 0 spiro atoms. The van der Waals surface area contributed by atoms with Crippen LogP contribution in [0.5, 0.6) is 0 Å². The first-order chi connectivity index (χ1) is 9.06. The summed E-state index contributed by atoms with van der Waals surface area (Å²) in [6.07, 6.45) is 2.49. The molecule has 0 saturated carbocycles. The highest BCUT2D eigenvalue weighted by molar-refractivity contribution is 5.78. The maximum atomic E-state index is 13.1. The standard InChI is InChI=1S/C16H22FNO/c1-12(2)14-6-8-18(9-7-14)16(19)11-13-4-3-5-15(17)10-13/h3-5,10,12,14H,6-9,11H2,1-2H3. The molecule has 19 heavy (non-hydrogen) atoms. The number of halogens is 1. The van der Waals surface area contributed by atoms with E-state index in [1.807, 2.05) is 11.0 Å². The van der Waals surface area contributed by atoms with Gasteiger partial charge in [-0.05, 0) is 42.4 Å². The number of likely N-dealkylation sites (tertiary alicyclic amines) is 1. The lowest BCUT2D eigenvalue weighted by Gasteiger charge is -2.34. The molecule has 1 aromatic carbocycles. The molecule has 1 amide bonds. The molecule has 2 rings (SSSR count). The summed E-state index contributed by atoms with van der Waals surface area (Å²) in [5.74, 6) is 1.27. The molecule has 1 saturated heterocycles. The summed E-state index contributed by atoms with van der Waals surface area (Å²) in [5, 5.41) is 0. The minimum Gasteiger partial charge on any atom is -0.342 e. The van der Waals surface area contributed by atoms with Gasteiger partial charge in [0, 0.05) is 13.1 Å². The highest BCUT2D eigenvalue weighted by Crippen LogP contribution is 2.24. The van der Waals surface area contributed by atoms with Crippen molar-refractivity contribution in [1.29, 1.82) is 0 Å². The Morgan fingerprint density at radius 1 is 1.37 bits per heavy atom. The molecule has 0 N–H and O–H groups in total. The Morgan fingerprint density at radius 3 is 2.63 bits per heavy atom. The van der Waals surface area contributed by atoms with E-state index >= 15 is 0 Å². The molecule has 2 nitrogen and oxygen atoms in total. The van der Waals surface area contributed by atoms with Crippen molar-refractivity contribution in [3.05, 3.63) is 35.6 Å². The molecule has 1 aliphatic heterocycles. The summed E-state index contributed by atoms with van der Waals surface area (Å²) in [6.45, 7) is 6.18. The second-order valence-electron chi connectivity index (χ2n) is 5.77. The molecular weight excluding hydrogens is 241 g/mol. The summed E-state index contributed by atoms with van der Waals surface area (Å²) >= 11 is 0. The van der Waals surface area contributed by atoms with Crippen molar-refractivity contribution in [2.45, 2.75) is 33.1 Å². The zero-order valence-electron chi connectivity index (χ0n) is 11.7. The largest absolute Gasteiger partial charge is 0.342 e. The fourth-order valence-electron chi connectivity index (χ4n) is 2.75. The van der Waals surface area contributed by atoms with Crippen molar-refractivity contribution < 1.29 is 9.18 Å². The predicted molar refractivity (Wildman–Crippen MR) is 74.2 cm³/mol. The Labute approximate surface area is 114 Å². The van der Waals surface area contributed by atoms with Gasteiger partial charge in [-0.15, -0.1) is 0 Å². The first kappa shape index (κ1) is 14.0. The highest BCUT2D eigenvalue weighted by Gasteiger charge is 2.24.